The van der Waals surface area contributed by atoms with Gasteiger partial charge in [-0.05, 0) is 55.5 Å². The van der Waals surface area contributed by atoms with E-state index in [1.807, 2.05) is 61.5 Å². The lowest BCUT2D eigenvalue weighted by molar-refractivity contribution is 0.102. The second-order valence-electron chi connectivity index (χ2n) is 6.21. The molecule has 0 aliphatic carbocycles. The first kappa shape index (κ1) is 19.2. The Morgan fingerprint density at radius 3 is 2.50 bits per heavy atom. The molecule has 0 unspecified atom stereocenters. The van der Waals surface area contributed by atoms with E-state index in [1.54, 1.807) is 19.4 Å². The lowest BCUT2D eigenvalue weighted by Gasteiger charge is -2.10. The molecule has 0 saturated carbocycles. The summed E-state index contributed by atoms with van der Waals surface area (Å²) in [5.74, 6) is 2.14. The van der Waals surface area contributed by atoms with Crippen molar-refractivity contribution in [3.63, 3.8) is 0 Å². The van der Waals surface area contributed by atoms with Crippen LogP contribution in [0.1, 0.15) is 15.9 Å². The molecule has 2 aromatic carbocycles. The van der Waals surface area contributed by atoms with Gasteiger partial charge in [0.1, 0.15) is 23.9 Å². The van der Waals surface area contributed by atoms with Gasteiger partial charge in [0.2, 0.25) is 0 Å². The SMILES string of the molecule is COc1ccc(OCCNc2ccc(NC(=O)c3cccc(C)c3)cn2)cc1. The normalized spacial score (nSPS) is 10.2. The van der Waals surface area contributed by atoms with E-state index >= 15 is 0 Å². The van der Waals surface area contributed by atoms with Crippen LogP contribution in [0, 0.1) is 6.92 Å². The van der Waals surface area contributed by atoms with Gasteiger partial charge in [-0.15, -0.1) is 0 Å². The van der Waals surface area contributed by atoms with Crippen LogP contribution in [-0.2, 0) is 0 Å². The summed E-state index contributed by atoms with van der Waals surface area (Å²) in [6.07, 6.45) is 1.63. The number of pyridine rings is 1. The monoisotopic (exact) mass is 377 g/mol. The molecule has 0 aliphatic heterocycles. The lowest BCUT2D eigenvalue weighted by atomic mass is 10.1. The number of methoxy groups -OCH3 is 1. The summed E-state index contributed by atoms with van der Waals surface area (Å²) in [6, 6.07) is 18.5. The summed E-state index contributed by atoms with van der Waals surface area (Å²) in [7, 11) is 1.63. The number of ether oxygens (including phenoxy) is 2. The maximum atomic E-state index is 12.3. The number of carbonyl (C=O) groups is 1. The number of hydrogen-bond donors (Lipinski definition) is 2. The van der Waals surface area contributed by atoms with Gasteiger partial charge in [0.15, 0.2) is 0 Å². The fourth-order valence-corrected chi connectivity index (χ4v) is 2.58. The number of anilines is 2. The van der Waals surface area contributed by atoms with Crippen LogP contribution in [0.2, 0.25) is 0 Å². The molecule has 1 heterocycles. The molecule has 1 amide bonds. The van der Waals surface area contributed by atoms with Crippen molar-refractivity contribution in [2.45, 2.75) is 6.92 Å². The average molecular weight is 377 g/mol. The van der Waals surface area contributed by atoms with Crippen molar-refractivity contribution in [2.75, 3.05) is 30.9 Å². The Bertz CT molecular complexity index is 909. The molecular formula is C22H23N3O3. The van der Waals surface area contributed by atoms with Gasteiger partial charge in [-0.1, -0.05) is 17.7 Å². The predicted molar refractivity (Wildman–Crippen MR) is 110 cm³/mol. The summed E-state index contributed by atoms with van der Waals surface area (Å²) in [5.41, 5.74) is 2.31. The minimum absolute atomic E-state index is 0.154. The van der Waals surface area contributed by atoms with Crippen LogP contribution >= 0.6 is 0 Å². The highest BCUT2D eigenvalue weighted by Gasteiger charge is 2.06. The van der Waals surface area contributed by atoms with Crippen molar-refractivity contribution < 1.29 is 14.3 Å². The summed E-state index contributed by atoms with van der Waals surface area (Å²) in [4.78, 5) is 16.6. The van der Waals surface area contributed by atoms with Crippen LogP contribution in [0.4, 0.5) is 11.5 Å². The van der Waals surface area contributed by atoms with E-state index in [2.05, 4.69) is 15.6 Å². The van der Waals surface area contributed by atoms with Gasteiger partial charge >= 0.3 is 0 Å². The molecule has 28 heavy (non-hydrogen) atoms. The zero-order valence-corrected chi connectivity index (χ0v) is 15.9. The molecule has 0 spiro atoms. The molecule has 1 aromatic heterocycles. The highest BCUT2D eigenvalue weighted by atomic mass is 16.5. The Balaban J connectivity index is 1.44. The Labute approximate surface area is 164 Å². The largest absolute Gasteiger partial charge is 0.497 e. The second kappa shape index (κ2) is 9.41. The van der Waals surface area contributed by atoms with Crippen molar-refractivity contribution in [2.24, 2.45) is 0 Å². The number of hydrogen-bond acceptors (Lipinski definition) is 5. The number of carbonyl (C=O) groups excluding carboxylic acids is 1. The van der Waals surface area contributed by atoms with E-state index < -0.39 is 0 Å². The average Bonchev–Trinajstić information content (AvgIpc) is 2.73. The maximum absolute atomic E-state index is 12.3. The van der Waals surface area contributed by atoms with E-state index in [0.29, 0.717) is 30.2 Å². The molecule has 0 radical (unpaired) electrons. The molecule has 0 atom stereocenters. The standard InChI is InChI=1S/C22H23N3O3/c1-16-4-3-5-17(14-16)22(26)25-18-6-11-21(24-15-18)23-12-13-28-20-9-7-19(27-2)8-10-20/h3-11,14-15H,12-13H2,1-2H3,(H,23,24)(H,25,26). The van der Waals surface area contributed by atoms with Crippen LogP contribution < -0.4 is 20.1 Å². The maximum Gasteiger partial charge on any atom is 0.255 e. The number of benzene rings is 2. The molecule has 6 heteroatoms. The van der Waals surface area contributed by atoms with Gasteiger partial charge < -0.3 is 20.1 Å². The Morgan fingerprint density at radius 1 is 1.04 bits per heavy atom. The summed E-state index contributed by atoms with van der Waals surface area (Å²) < 4.78 is 10.8. The van der Waals surface area contributed by atoms with Crippen molar-refractivity contribution in [3.05, 3.63) is 78.0 Å². The number of aromatic nitrogens is 1. The van der Waals surface area contributed by atoms with E-state index in [4.69, 9.17) is 9.47 Å². The fourth-order valence-electron chi connectivity index (χ4n) is 2.58. The Hall–Kier alpha value is -3.54. The molecule has 3 aromatic rings. The molecular weight excluding hydrogens is 354 g/mol. The molecule has 2 N–H and O–H groups in total. The first-order valence-electron chi connectivity index (χ1n) is 8.99. The first-order chi connectivity index (χ1) is 13.6. The first-order valence-corrected chi connectivity index (χ1v) is 8.99. The smallest absolute Gasteiger partial charge is 0.255 e. The van der Waals surface area contributed by atoms with Crippen molar-refractivity contribution in [3.8, 4) is 11.5 Å². The topological polar surface area (TPSA) is 72.5 Å². The molecule has 0 fully saturated rings. The van der Waals surface area contributed by atoms with Crippen LogP contribution in [-0.4, -0.2) is 31.2 Å². The van der Waals surface area contributed by atoms with E-state index in [0.717, 1.165) is 17.1 Å². The number of amides is 1. The minimum Gasteiger partial charge on any atom is -0.497 e. The summed E-state index contributed by atoms with van der Waals surface area (Å²) >= 11 is 0. The molecule has 0 aliphatic rings. The number of rotatable bonds is 8. The van der Waals surface area contributed by atoms with Gasteiger partial charge in [0, 0.05) is 5.56 Å². The van der Waals surface area contributed by atoms with Gasteiger partial charge in [-0.3, -0.25) is 4.79 Å². The van der Waals surface area contributed by atoms with Crippen molar-refractivity contribution >= 4 is 17.4 Å². The molecule has 3 rings (SSSR count). The highest BCUT2D eigenvalue weighted by molar-refractivity contribution is 6.04. The van der Waals surface area contributed by atoms with E-state index in [9.17, 15) is 4.79 Å². The summed E-state index contributed by atoms with van der Waals surface area (Å²) in [5, 5.41) is 6.03. The third-order valence-electron chi connectivity index (χ3n) is 4.04. The van der Waals surface area contributed by atoms with Gasteiger partial charge in [0.05, 0.1) is 25.5 Å². The van der Waals surface area contributed by atoms with Crippen molar-refractivity contribution in [1.82, 2.24) is 4.98 Å². The molecule has 0 saturated heterocycles. The Morgan fingerprint density at radius 2 is 1.82 bits per heavy atom. The van der Waals surface area contributed by atoms with Gasteiger partial charge in [0.25, 0.3) is 5.91 Å². The fraction of sp³-hybridized carbons (Fsp3) is 0.182. The minimum atomic E-state index is -0.154. The molecule has 144 valence electrons. The summed E-state index contributed by atoms with van der Waals surface area (Å²) in [6.45, 7) is 3.06. The van der Waals surface area contributed by atoms with Crippen LogP contribution in [0.3, 0.4) is 0 Å². The third kappa shape index (κ3) is 5.48. The second-order valence-corrected chi connectivity index (χ2v) is 6.21. The zero-order valence-electron chi connectivity index (χ0n) is 15.9. The quantitative estimate of drug-likeness (QED) is 0.577. The van der Waals surface area contributed by atoms with E-state index in [1.165, 1.54) is 0 Å². The zero-order chi connectivity index (χ0) is 19.8. The highest BCUT2D eigenvalue weighted by Crippen LogP contribution is 2.17. The van der Waals surface area contributed by atoms with Crippen LogP contribution in [0.5, 0.6) is 11.5 Å². The van der Waals surface area contributed by atoms with Crippen LogP contribution in [0.15, 0.2) is 66.9 Å². The van der Waals surface area contributed by atoms with Gasteiger partial charge in [-0.2, -0.15) is 0 Å². The lowest BCUT2D eigenvalue weighted by Crippen LogP contribution is -2.14. The number of nitrogens with zero attached hydrogens (tertiary/aromatic N) is 1. The Kier molecular flexibility index (Phi) is 6.46. The number of aryl methyl sites for hydroxylation is 1. The van der Waals surface area contributed by atoms with E-state index in [-0.39, 0.29) is 5.91 Å². The van der Waals surface area contributed by atoms with Crippen molar-refractivity contribution in [1.29, 1.82) is 0 Å². The number of nitrogens with one attached hydrogen (secondary N) is 2. The predicted octanol–water partition coefficient (Wildman–Crippen LogP) is 4.14. The molecule has 6 nitrogen and oxygen atoms in total. The van der Waals surface area contributed by atoms with Crippen LogP contribution in [0.25, 0.3) is 0 Å². The molecule has 0 bridgehead atoms. The third-order valence-corrected chi connectivity index (χ3v) is 4.04. The van der Waals surface area contributed by atoms with Gasteiger partial charge in [-0.25, -0.2) is 4.98 Å².